The molecule has 1 rings (SSSR count). The smallest absolute Gasteiger partial charge is 0.244 e. The van der Waals surface area contributed by atoms with Gasteiger partial charge in [0.1, 0.15) is 0 Å². The maximum absolute atomic E-state index is 12.3. The minimum Gasteiger partial charge on any atom is -0.363 e. The summed E-state index contributed by atoms with van der Waals surface area (Å²) >= 11 is 0. The largest absolute Gasteiger partial charge is 0.363 e. The molecule has 1 aromatic heterocycles. The first-order valence-electron chi connectivity index (χ1n) is 5.77. The van der Waals surface area contributed by atoms with Crippen molar-refractivity contribution in [1.29, 1.82) is 0 Å². The van der Waals surface area contributed by atoms with Crippen LogP contribution in [0.3, 0.4) is 0 Å². The van der Waals surface area contributed by atoms with Crippen LogP contribution in [0, 0.1) is 0 Å². The van der Waals surface area contributed by atoms with E-state index in [-0.39, 0.29) is 6.04 Å². The Morgan fingerprint density at radius 2 is 2.12 bits per heavy atom. The molecule has 0 amide bonds. The maximum Gasteiger partial charge on any atom is 0.244 e. The summed E-state index contributed by atoms with van der Waals surface area (Å²) in [6.45, 7) is 6.71. The molecule has 0 aromatic carbocycles. The Morgan fingerprint density at radius 1 is 1.47 bits per heavy atom. The molecular weight excluding hydrogens is 238 g/mol. The molecule has 98 valence electrons. The predicted octanol–water partition coefficient (Wildman–Crippen LogP) is 1.15. The van der Waals surface area contributed by atoms with Gasteiger partial charge in [-0.25, -0.2) is 8.42 Å². The molecule has 0 unspecified atom stereocenters. The first-order valence-corrected chi connectivity index (χ1v) is 7.21. The Balaban J connectivity index is 3.03. The molecular formula is C11H21N3O2S. The lowest BCUT2D eigenvalue weighted by Gasteiger charge is -2.23. The van der Waals surface area contributed by atoms with Crippen LogP contribution in [0.5, 0.6) is 0 Å². The van der Waals surface area contributed by atoms with Gasteiger partial charge in [-0.3, -0.25) is 0 Å². The van der Waals surface area contributed by atoms with E-state index >= 15 is 0 Å². The highest BCUT2D eigenvalue weighted by Crippen LogP contribution is 2.18. The molecule has 0 radical (unpaired) electrons. The molecule has 1 heterocycles. The lowest BCUT2D eigenvalue weighted by atomic mass is 10.4. The van der Waals surface area contributed by atoms with Crippen molar-refractivity contribution >= 4 is 10.0 Å². The minimum atomic E-state index is -3.37. The molecule has 0 bridgehead atoms. The fraction of sp³-hybridized carbons (Fsp3) is 0.636. The van der Waals surface area contributed by atoms with E-state index < -0.39 is 10.0 Å². The highest BCUT2D eigenvalue weighted by atomic mass is 32.2. The average molecular weight is 259 g/mol. The molecule has 0 spiro atoms. The van der Waals surface area contributed by atoms with Crippen molar-refractivity contribution in [1.82, 2.24) is 14.6 Å². The van der Waals surface area contributed by atoms with E-state index in [1.165, 1.54) is 4.31 Å². The van der Waals surface area contributed by atoms with E-state index in [1.54, 1.807) is 12.3 Å². The third-order valence-electron chi connectivity index (χ3n) is 2.58. The first kappa shape index (κ1) is 14.2. The van der Waals surface area contributed by atoms with Crippen molar-refractivity contribution in [2.24, 2.45) is 0 Å². The number of nitrogens with zero attached hydrogens (tertiary/aromatic N) is 1. The van der Waals surface area contributed by atoms with Gasteiger partial charge in [-0.1, -0.05) is 6.92 Å². The summed E-state index contributed by atoms with van der Waals surface area (Å²) in [6, 6.07) is 1.64. The fourth-order valence-corrected chi connectivity index (χ4v) is 3.47. The first-order chi connectivity index (χ1) is 7.93. The molecule has 6 heteroatoms. The lowest BCUT2D eigenvalue weighted by Crippen LogP contribution is -2.36. The summed E-state index contributed by atoms with van der Waals surface area (Å²) in [4.78, 5) is 3.29. The Labute approximate surface area is 103 Å². The third-order valence-corrected chi connectivity index (χ3v) is 4.71. The Bertz CT molecular complexity index is 451. The highest BCUT2D eigenvalue weighted by molar-refractivity contribution is 7.89. The summed E-state index contributed by atoms with van der Waals surface area (Å²) in [7, 11) is -1.55. The summed E-state index contributed by atoms with van der Waals surface area (Å²) in [6.07, 6.45) is 1.55. The second kappa shape index (κ2) is 5.66. The van der Waals surface area contributed by atoms with Gasteiger partial charge in [0.05, 0.1) is 4.90 Å². The molecule has 0 saturated heterocycles. The fourth-order valence-electron chi connectivity index (χ4n) is 1.81. The van der Waals surface area contributed by atoms with Crippen LogP contribution in [0.25, 0.3) is 0 Å². The van der Waals surface area contributed by atoms with Gasteiger partial charge < -0.3 is 10.3 Å². The molecule has 1 aromatic rings. The van der Waals surface area contributed by atoms with E-state index in [0.29, 0.717) is 18.0 Å². The molecule has 17 heavy (non-hydrogen) atoms. The van der Waals surface area contributed by atoms with Crippen LogP contribution in [0.4, 0.5) is 0 Å². The van der Waals surface area contributed by atoms with E-state index in [2.05, 4.69) is 10.3 Å². The molecule has 2 N–H and O–H groups in total. The van der Waals surface area contributed by atoms with Crippen LogP contribution in [0.15, 0.2) is 17.2 Å². The standard InChI is InChI=1S/C11H21N3O2S/c1-5-14(9(2)3)17(15,16)11-6-10(7-12-4)13-8-11/h6,8-9,12-13H,5,7H2,1-4H3. The van der Waals surface area contributed by atoms with Crippen LogP contribution in [-0.4, -0.2) is 37.3 Å². The van der Waals surface area contributed by atoms with Crippen molar-refractivity contribution in [3.8, 4) is 0 Å². The molecule has 0 aliphatic heterocycles. The van der Waals surface area contributed by atoms with E-state index in [0.717, 1.165) is 5.69 Å². The normalized spacial score (nSPS) is 12.6. The van der Waals surface area contributed by atoms with Gasteiger partial charge >= 0.3 is 0 Å². The molecule has 0 aliphatic rings. The summed E-state index contributed by atoms with van der Waals surface area (Å²) in [5.74, 6) is 0. The van der Waals surface area contributed by atoms with E-state index in [9.17, 15) is 8.42 Å². The van der Waals surface area contributed by atoms with E-state index in [1.807, 2.05) is 27.8 Å². The van der Waals surface area contributed by atoms with Gasteiger partial charge in [0.25, 0.3) is 0 Å². The van der Waals surface area contributed by atoms with Crippen LogP contribution in [-0.2, 0) is 16.6 Å². The Morgan fingerprint density at radius 3 is 2.59 bits per heavy atom. The van der Waals surface area contributed by atoms with Gasteiger partial charge in [-0.2, -0.15) is 4.31 Å². The maximum atomic E-state index is 12.3. The molecule has 0 aliphatic carbocycles. The van der Waals surface area contributed by atoms with Crippen molar-refractivity contribution in [2.75, 3.05) is 13.6 Å². The quantitative estimate of drug-likeness (QED) is 0.805. The number of hydrogen-bond donors (Lipinski definition) is 2. The highest BCUT2D eigenvalue weighted by Gasteiger charge is 2.26. The van der Waals surface area contributed by atoms with Crippen molar-refractivity contribution in [2.45, 2.75) is 38.3 Å². The number of aromatic amines is 1. The van der Waals surface area contributed by atoms with Crippen molar-refractivity contribution in [3.63, 3.8) is 0 Å². The van der Waals surface area contributed by atoms with Gasteiger partial charge in [0, 0.05) is 31.0 Å². The van der Waals surface area contributed by atoms with Crippen LogP contribution in [0.2, 0.25) is 0 Å². The van der Waals surface area contributed by atoms with Crippen molar-refractivity contribution in [3.05, 3.63) is 18.0 Å². The number of H-pyrrole nitrogens is 1. The van der Waals surface area contributed by atoms with E-state index in [4.69, 9.17) is 0 Å². The average Bonchev–Trinajstić information content (AvgIpc) is 2.67. The molecule has 5 nitrogen and oxygen atoms in total. The van der Waals surface area contributed by atoms with Gasteiger partial charge in [0.2, 0.25) is 10.0 Å². The number of sulfonamides is 1. The van der Waals surface area contributed by atoms with Gasteiger partial charge in [-0.05, 0) is 27.0 Å². The van der Waals surface area contributed by atoms with Gasteiger partial charge in [0.15, 0.2) is 0 Å². The summed E-state index contributed by atoms with van der Waals surface area (Å²) < 4.78 is 26.1. The molecule has 0 atom stereocenters. The van der Waals surface area contributed by atoms with Crippen LogP contribution >= 0.6 is 0 Å². The number of rotatable bonds is 6. The number of nitrogens with one attached hydrogen (secondary N) is 2. The van der Waals surface area contributed by atoms with Crippen LogP contribution < -0.4 is 5.32 Å². The summed E-state index contributed by atoms with van der Waals surface area (Å²) in [5, 5.41) is 2.98. The molecule has 0 saturated carbocycles. The minimum absolute atomic E-state index is 0.0346. The number of hydrogen-bond acceptors (Lipinski definition) is 3. The second-order valence-electron chi connectivity index (χ2n) is 4.19. The Hall–Kier alpha value is -0.850. The van der Waals surface area contributed by atoms with Crippen molar-refractivity contribution < 1.29 is 8.42 Å². The zero-order chi connectivity index (χ0) is 13.1. The lowest BCUT2D eigenvalue weighted by molar-refractivity contribution is 0.369. The number of aromatic nitrogens is 1. The predicted molar refractivity (Wildman–Crippen MR) is 68.3 cm³/mol. The monoisotopic (exact) mass is 259 g/mol. The SMILES string of the molecule is CCN(C(C)C)S(=O)(=O)c1c[nH]c(CNC)c1. The second-order valence-corrected chi connectivity index (χ2v) is 6.08. The van der Waals surface area contributed by atoms with Crippen LogP contribution in [0.1, 0.15) is 26.5 Å². The Kier molecular flexibility index (Phi) is 4.73. The zero-order valence-electron chi connectivity index (χ0n) is 10.8. The third kappa shape index (κ3) is 3.08. The molecule has 0 fully saturated rings. The van der Waals surface area contributed by atoms with Gasteiger partial charge in [-0.15, -0.1) is 0 Å². The zero-order valence-corrected chi connectivity index (χ0v) is 11.6. The summed E-state index contributed by atoms with van der Waals surface area (Å²) in [5.41, 5.74) is 0.867. The topological polar surface area (TPSA) is 65.2 Å².